The molecule has 3 nitrogen and oxygen atoms in total. The average molecular weight is 400 g/mol. The lowest BCUT2D eigenvalue weighted by atomic mass is 10.0. The van der Waals surface area contributed by atoms with E-state index in [9.17, 15) is 9.18 Å². The maximum atomic E-state index is 13.9. The van der Waals surface area contributed by atoms with Crippen molar-refractivity contribution in [2.45, 2.75) is 6.42 Å². The van der Waals surface area contributed by atoms with E-state index in [0.717, 1.165) is 15.6 Å². The maximum Gasteiger partial charge on any atom is 0.307 e. The van der Waals surface area contributed by atoms with Crippen LogP contribution in [0.15, 0.2) is 42.5 Å². The second-order valence-electron chi connectivity index (χ2n) is 4.45. The number of carbonyl (C=O) groups is 1. The number of alkyl halides is 1. The summed E-state index contributed by atoms with van der Waals surface area (Å²) in [6.45, 7) is 0.473. The van der Waals surface area contributed by atoms with Crippen molar-refractivity contribution in [3.63, 3.8) is 0 Å². The van der Waals surface area contributed by atoms with E-state index in [4.69, 9.17) is 9.84 Å². The standard InChI is InChI=1S/C16H14FIO3/c17-14-10-13(5-6-15(14)21-8-7-18)12-3-1-11(2-4-12)9-16(19)20/h1-6,10H,7-9H2,(H,19,20). The van der Waals surface area contributed by atoms with Gasteiger partial charge in [-0.1, -0.05) is 52.9 Å². The second-order valence-corrected chi connectivity index (χ2v) is 5.53. The number of ether oxygens (including phenoxy) is 1. The number of benzene rings is 2. The third-order valence-corrected chi connectivity index (χ3v) is 3.35. The van der Waals surface area contributed by atoms with Gasteiger partial charge in [0.25, 0.3) is 0 Å². The number of rotatable bonds is 6. The molecule has 0 aliphatic rings. The van der Waals surface area contributed by atoms with E-state index in [1.165, 1.54) is 6.07 Å². The van der Waals surface area contributed by atoms with Gasteiger partial charge in [0.1, 0.15) is 0 Å². The van der Waals surface area contributed by atoms with Crippen LogP contribution in [0.5, 0.6) is 5.75 Å². The molecule has 21 heavy (non-hydrogen) atoms. The van der Waals surface area contributed by atoms with Gasteiger partial charge in [0.05, 0.1) is 13.0 Å². The van der Waals surface area contributed by atoms with Gasteiger partial charge in [-0.2, -0.15) is 0 Å². The summed E-state index contributed by atoms with van der Waals surface area (Å²) in [7, 11) is 0. The number of hydrogen-bond donors (Lipinski definition) is 1. The molecule has 0 unspecified atom stereocenters. The molecule has 0 saturated carbocycles. The van der Waals surface area contributed by atoms with Gasteiger partial charge in [-0.05, 0) is 28.8 Å². The van der Waals surface area contributed by atoms with E-state index in [1.54, 1.807) is 36.4 Å². The summed E-state index contributed by atoms with van der Waals surface area (Å²) < 4.78 is 20.0. The Morgan fingerprint density at radius 2 is 1.81 bits per heavy atom. The molecule has 0 aromatic heterocycles. The molecule has 1 N–H and O–H groups in total. The first-order valence-electron chi connectivity index (χ1n) is 6.39. The van der Waals surface area contributed by atoms with Crippen LogP contribution in [-0.2, 0) is 11.2 Å². The van der Waals surface area contributed by atoms with Crippen LogP contribution in [-0.4, -0.2) is 22.1 Å². The third-order valence-electron chi connectivity index (χ3n) is 2.91. The number of halogens is 2. The zero-order chi connectivity index (χ0) is 15.2. The molecular weight excluding hydrogens is 386 g/mol. The highest BCUT2D eigenvalue weighted by Crippen LogP contribution is 2.26. The van der Waals surface area contributed by atoms with Crippen molar-refractivity contribution in [1.29, 1.82) is 0 Å². The SMILES string of the molecule is O=C(O)Cc1ccc(-c2ccc(OCCI)c(F)c2)cc1. The summed E-state index contributed by atoms with van der Waals surface area (Å²) in [5.41, 5.74) is 2.29. The van der Waals surface area contributed by atoms with Gasteiger partial charge in [0.15, 0.2) is 11.6 Å². The monoisotopic (exact) mass is 400 g/mol. The topological polar surface area (TPSA) is 46.5 Å². The Morgan fingerprint density at radius 3 is 2.38 bits per heavy atom. The Hall–Kier alpha value is -1.63. The molecule has 0 aliphatic heterocycles. The van der Waals surface area contributed by atoms with E-state index >= 15 is 0 Å². The highest BCUT2D eigenvalue weighted by molar-refractivity contribution is 14.1. The summed E-state index contributed by atoms with van der Waals surface area (Å²) >= 11 is 2.16. The lowest BCUT2D eigenvalue weighted by Crippen LogP contribution is -2.00. The molecule has 2 aromatic rings. The molecule has 0 fully saturated rings. The van der Waals surface area contributed by atoms with Crippen molar-refractivity contribution in [3.8, 4) is 16.9 Å². The molecule has 2 rings (SSSR count). The van der Waals surface area contributed by atoms with Crippen LogP contribution < -0.4 is 4.74 Å². The highest BCUT2D eigenvalue weighted by atomic mass is 127. The van der Waals surface area contributed by atoms with Crippen molar-refractivity contribution in [1.82, 2.24) is 0 Å². The minimum absolute atomic E-state index is 0.0161. The van der Waals surface area contributed by atoms with Gasteiger partial charge in [0, 0.05) is 4.43 Å². The number of carboxylic acid groups (broad SMARTS) is 1. The Morgan fingerprint density at radius 1 is 1.14 bits per heavy atom. The van der Waals surface area contributed by atoms with Gasteiger partial charge >= 0.3 is 5.97 Å². The van der Waals surface area contributed by atoms with E-state index < -0.39 is 11.8 Å². The predicted octanol–water partition coefficient (Wildman–Crippen LogP) is 3.93. The van der Waals surface area contributed by atoms with Crippen LogP contribution in [0.2, 0.25) is 0 Å². The van der Waals surface area contributed by atoms with Crippen LogP contribution in [0.1, 0.15) is 5.56 Å². The Kier molecular flexibility index (Phi) is 5.55. The first-order valence-corrected chi connectivity index (χ1v) is 7.92. The summed E-state index contributed by atoms with van der Waals surface area (Å²) in [6.07, 6.45) is -0.0161. The van der Waals surface area contributed by atoms with Gasteiger partial charge in [-0.25, -0.2) is 4.39 Å². The van der Waals surface area contributed by atoms with E-state index in [-0.39, 0.29) is 12.2 Å². The van der Waals surface area contributed by atoms with Crippen molar-refractivity contribution < 1.29 is 19.0 Å². The zero-order valence-electron chi connectivity index (χ0n) is 11.2. The van der Waals surface area contributed by atoms with Crippen molar-refractivity contribution in [2.75, 3.05) is 11.0 Å². The first kappa shape index (κ1) is 15.8. The van der Waals surface area contributed by atoms with Crippen LogP contribution in [0.3, 0.4) is 0 Å². The second kappa shape index (κ2) is 7.40. The lowest BCUT2D eigenvalue weighted by molar-refractivity contribution is -0.136. The normalized spacial score (nSPS) is 10.4. The smallest absolute Gasteiger partial charge is 0.307 e. The molecule has 0 amide bonds. The fraction of sp³-hybridized carbons (Fsp3) is 0.188. The molecule has 0 saturated heterocycles. The van der Waals surface area contributed by atoms with Gasteiger partial charge < -0.3 is 9.84 Å². The van der Waals surface area contributed by atoms with Crippen LogP contribution in [0.25, 0.3) is 11.1 Å². The molecule has 2 aromatic carbocycles. The number of aliphatic carboxylic acids is 1. The first-order chi connectivity index (χ1) is 10.1. The minimum Gasteiger partial charge on any atom is -0.490 e. The fourth-order valence-corrected chi connectivity index (χ4v) is 2.16. The third kappa shape index (κ3) is 4.42. The molecule has 0 spiro atoms. The van der Waals surface area contributed by atoms with Crippen molar-refractivity contribution in [2.24, 2.45) is 0 Å². The summed E-state index contributed by atoms with van der Waals surface area (Å²) in [4.78, 5) is 10.6. The van der Waals surface area contributed by atoms with Gasteiger partial charge in [-0.15, -0.1) is 0 Å². The molecular formula is C16H14FIO3. The summed E-state index contributed by atoms with van der Waals surface area (Å²) in [6, 6.07) is 11.9. The van der Waals surface area contributed by atoms with Crippen molar-refractivity contribution >= 4 is 28.6 Å². The van der Waals surface area contributed by atoms with Crippen LogP contribution >= 0.6 is 22.6 Å². The number of hydrogen-bond acceptors (Lipinski definition) is 2. The van der Waals surface area contributed by atoms with Crippen molar-refractivity contribution in [3.05, 3.63) is 53.8 Å². The molecule has 5 heteroatoms. The summed E-state index contributed by atoms with van der Waals surface area (Å²) in [5.74, 6) is -1.02. The largest absolute Gasteiger partial charge is 0.490 e. The predicted molar refractivity (Wildman–Crippen MR) is 87.6 cm³/mol. The fourth-order valence-electron chi connectivity index (χ4n) is 1.94. The number of carboxylic acids is 1. The molecule has 0 aliphatic carbocycles. The van der Waals surface area contributed by atoms with Gasteiger partial charge in [-0.3, -0.25) is 4.79 Å². The molecule has 0 bridgehead atoms. The van der Waals surface area contributed by atoms with Crippen LogP contribution in [0, 0.1) is 5.82 Å². The Labute approximate surface area is 135 Å². The van der Waals surface area contributed by atoms with Crippen LogP contribution in [0.4, 0.5) is 4.39 Å². The molecule has 0 atom stereocenters. The lowest BCUT2D eigenvalue weighted by Gasteiger charge is -2.08. The van der Waals surface area contributed by atoms with E-state index in [1.807, 2.05) is 0 Å². The summed E-state index contributed by atoms with van der Waals surface area (Å²) in [5, 5.41) is 8.73. The Balaban J connectivity index is 2.18. The Bertz CT molecular complexity index is 626. The van der Waals surface area contributed by atoms with E-state index in [2.05, 4.69) is 22.6 Å². The highest BCUT2D eigenvalue weighted by Gasteiger charge is 2.07. The average Bonchev–Trinajstić information content (AvgIpc) is 2.46. The molecule has 110 valence electrons. The van der Waals surface area contributed by atoms with E-state index in [0.29, 0.717) is 12.2 Å². The zero-order valence-corrected chi connectivity index (χ0v) is 13.3. The quantitative estimate of drug-likeness (QED) is 0.591. The van der Waals surface area contributed by atoms with Gasteiger partial charge in [0.2, 0.25) is 0 Å². The minimum atomic E-state index is -0.870. The maximum absolute atomic E-state index is 13.9. The molecule has 0 radical (unpaired) electrons. The molecule has 0 heterocycles.